The van der Waals surface area contributed by atoms with E-state index in [9.17, 15) is 14.4 Å². The summed E-state index contributed by atoms with van der Waals surface area (Å²) < 4.78 is 16.8. The minimum absolute atomic E-state index is 0.0948. The van der Waals surface area contributed by atoms with Crippen LogP contribution in [0.25, 0.3) is 0 Å². The van der Waals surface area contributed by atoms with E-state index < -0.39 is 6.10 Å². The molecule has 0 aromatic carbocycles. The van der Waals surface area contributed by atoms with Crippen LogP contribution in [0.15, 0.2) is 97.2 Å². The van der Waals surface area contributed by atoms with Gasteiger partial charge in [0.15, 0.2) is 6.10 Å². The summed E-state index contributed by atoms with van der Waals surface area (Å²) in [5.74, 6) is -0.943. The third-order valence-electron chi connectivity index (χ3n) is 11.1. The van der Waals surface area contributed by atoms with Crippen molar-refractivity contribution in [1.82, 2.24) is 0 Å². The summed E-state index contributed by atoms with van der Waals surface area (Å²) in [6.07, 6.45) is 69.6. The second-order valence-electron chi connectivity index (χ2n) is 17.4. The molecule has 0 aliphatic carbocycles. The van der Waals surface area contributed by atoms with Gasteiger partial charge in [0, 0.05) is 19.3 Å². The smallest absolute Gasteiger partial charge is 0.306 e. The molecule has 0 bridgehead atoms. The Morgan fingerprint density at radius 1 is 0.323 bits per heavy atom. The van der Waals surface area contributed by atoms with Gasteiger partial charge in [-0.05, 0) is 96.3 Å². The van der Waals surface area contributed by atoms with Crippen molar-refractivity contribution in [1.29, 1.82) is 0 Å². The summed E-state index contributed by atoms with van der Waals surface area (Å²) in [6, 6.07) is 0. The molecule has 0 spiro atoms. The molecule has 0 aromatic rings. The Morgan fingerprint density at radius 3 is 0.938 bits per heavy atom. The average molecular weight is 903 g/mol. The molecule has 0 aromatic heterocycles. The first-order valence-electron chi connectivity index (χ1n) is 26.7. The van der Waals surface area contributed by atoms with Crippen molar-refractivity contribution < 1.29 is 28.6 Å². The fourth-order valence-electron chi connectivity index (χ4n) is 7.13. The molecule has 0 aliphatic heterocycles. The van der Waals surface area contributed by atoms with Crippen LogP contribution in [-0.4, -0.2) is 37.2 Å². The molecule has 0 amide bonds. The lowest BCUT2D eigenvalue weighted by Gasteiger charge is -2.18. The lowest BCUT2D eigenvalue weighted by Crippen LogP contribution is -2.30. The van der Waals surface area contributed by atoms with E-state index in [1.807, 2.05) is 0 Å². The van der Waals surface area contributed by atoms with Gasteiger partial charge in [0.25, 0.3) is 0 Å². The van der Waals surface area contributed by atoms with Gasteiger partial charge in [-0.15, -0.1) is 0 Å². The minimum Gasteiger partial charge on any atom is -0.462 e. The summed E-state index contributed by atoms with van der Waals surface area (Å²) in [5.41, 5.74) is 0. The molecule has 0 radical (unpaired) electrons. The van der Waals surface area contributed by atoms with Crippen molar-refractivity contribution >= 4 is 17.9 Å². The number of ether oxygens (including phenoxy) is 3. The summed E-state index contributed by atoms with van der Waals surface area (Å²) in [4.78, 5) is 38.0. The zero-order chi connectivity index (χ0) is 47.2. The van der Waals surface area contributed by atoms with Crippen LogP contribution in [0.5, 0.6) is 0 Å². The molecule has 0 heterocycles. The fraction of sp³-hybridized carbons (Fsp3) is 0.678. The van der Waals surface area contributed by atoms with Crippen molar-refractivity contribution in [2.45, 2.75) is 245 Å². The molecule has 6 heteroatoms. The molecular weight excluding hydrogens is 805 g/mol. The number of rotatable bonds is 47. The predicted octanol–water partition coefficient (Wildman–Crippen LogP) is 17.8. The van der Waals surface area contributed by atoms with Crippen LogP contribution in [0.4, 0.5) is 0 Å². The van der Waals surface area contributed by atoms with E-state index in [0.717, 1.165) is 135 Å². The molecule has 0 fully saturated rings. The van der Waals surface area contributed by atoms with E-state index in [1.165, 1.54) is 64.2 Å². The second-order valence-corrected chi connectivity index (χ2v) is 17.4. The zero-order valence-corrected chi connectivity index (χ0v) is 42.2. The predicted molar refractivity (Wildman–Crippen MR) is 279 cm³/mol. The standard InChI is InChI=1S/C59H98O6/c1-4-7-10-13-16-19-22-25-27-29-31-34-37-40-43-46-49-52-58(61)64-55-56(54-63-57(60)51-48-45-42-39-36-33-24-21-18-15-12-9-6-3)65-59(62)53-50-47-44-41-38-35-32-30-28-26-23-20-17-14-11-8-5-2/h7-8,10-11,16-17,19-20,25-28,31-32,34-35,56H,4-6,9,12-15,18,21-24,29-30,33,36-55H2,1-3H3/b10-7-,11-8-,19-16-,20-17-,27-25-,28-26-,34-31-,35-32-/t56-/m0/s1. The van der Waals surface area contributed by atoms with Gasteiger partial charge in [0.1, 0.15) is 13.2 Å². The molecule has 0 unspecified atom stereocenters. The number of unbranched alkanes of at least 4 members (excludes halogenated alkanes) is 20. The third-order valence-corrected chi connectivity index (χ3v) is 11.1. The number of hydrogen-bond donors (Lipinski definition) is 0. The monoisotopic (exact) mass is 903 g/mol. The maximum atomic E-state index is 12.8. The van der Waals surface area contributed by atoms with Gasteiger partial charge in [-0.2, -0.15) is 0 Å². The Hall–Kier alpha value is -3.67. The first-order chi connectivity index (χ1) is 32.0. The summed E-state index contributed by atoms with van der Waals surface area (Å²) >= 11 is 0. The maximum absolute atomic E-state index is 12.8. The van der Waals surface area contributed by atoms with E-state index in [4.69, 9.17) is 14.2 Å². The molecule has 1 atom stereocenters. The second kappa shape index (κ2) is 52.9. The van der Waals surface area contributed by atoms with Crippen molar-refractivity contribution in [2.75, 3.05) is 13.2 Å². The molecule has 370 valence electrons. The Kier molecular flexibility index (Phi) is 50.0. The Morgan fingerprint density at radius 2 is 0.600 bits per heavy atom. The Bertz CT molecular complexity index is 1310. The zero-order valence-electron chi connectivity index (χ0n) is 42.2. The summed E-state index contributed by atoms with van der Waals surface area (Å²) in [5, 5.41) is 0. The molecule has 65 heavy (non-hydrogen) atoms. The minimum atomic E-state index is -0.800. The maximum Gasteiger partial charge on any atom is 0.306 e. The van der Waals surface area contributed by atoms with Gasteiger partial charge in [-0.3, -0.25) is 14.4 Å². The lowest BCUT2D eigenvalue weighted by molar-refractivity contribution is -0.167. The van der Waals surface area contributed by atoms with E-state index >= 15 is 0 Å². The van der Waals surface area contributed by atoms with Gasteiger partial charge < -0.3 is 14.2 Å². The van der Waals surface area contributed by atoms with Crippen LogP contribution < -0.4 is 0 Å². The van der Waals surface area contributed by atoms with Crippen LogP contribution in [0, 0.1) is 0 Å². The van der Waals surface area contributed by atoms with Crippen LogP contribution in [0.3, 0.4) is 0 Å². The Balaban J connectivity index is 4.48. The van der Waals surface area contributed by atoms with Gasteiger partial charge in [0.2, 0.25) is 0 Å². The largest absolute Gasteiger partial charge is 0.462 e. The topological polar surface area (TPSA) is 78.9 Å². The molecule has 0 aliphatic rings. The van der Waals surface area contributed by atoms with Crippen molar-refractivity contribution in [3.63, 3.8) is 0 Å². The van der Waals surface area contributed by atoms with E-state index in [2.05, 4.69) is 118 Å². The quantitative estimate of drug-likeness (QED) is 0.0262. The van der Waals surface area contributed by atoms with Gasteiger partial charge in [0.05, 0.1) is 0 Å². The molecular formula is C59H98O6. The number of allylic oxidation sites excluding steroid dienone is 16. The van der Waals surface area contributed by atoms with Crippen LogP contribution in [-0.2, 0) is 28.6 Å². The average Bonchev–Trinajstić information content (AvgIpc) is 3.30. The van der Waals surface area contributed by atoms with Crippen LogP contribution in [0.1, 0.15) is 239 Å². The molecule has 0 saturated heterocycles. The van der Waals surface area contributed by atoms with Crippen molar-refractivity contribution in [2.24, 2.45) is 0 Å². The summed E-state index contributed by atoms with van der Waals surface area (Å²) in [7, 11) is 0. The highest BCUT2D eigenvalue weighted by Gasteiger charge is 2.19. The van der Waals surface area contributed by atoms with Gasteiger partial charge in [-0.25, -0.2) is 0 Å². The molecule has 0 rings (SSSR count). The highest BCUT2D eigenvalue weighted by atomic mass is 16.6. The highest BCUT2D eigenvalue weighted by Crippen LogP contribution is 2.14. The number of carbonyl (C=O) groups is 3. The first-order valence-corrected chi connectivity index (χ1v) is 26.7. The SMILES string of the molecule is CC/C=C\C/C=C\C/C=C\C/C=C\CCCCCCC(=O)OC[C@H](COC(=O)CCCCCCCCCCCCCCC)OC(=O)CCCCCC/C=C\C/C=C\C/C=C\C/C=C\CC. The summed E-state index contributed by atoms with van der Waals surface area (Å²) in [6.45, 7) is 6.37. The number of hydrogen-bond acceptors (Lipinski definition) is 6. The van der Waals surface area contributed by atoms with E-state index in [0.29, 0.717) is 19.3 Å². The molecule has 0 N–H and O–H groups in total. The molecule has 6 nitrogen and oxygen atoms in total. The lowest BCUT2D eigenvalue weighted by atomic mass is 10.0. The van der Waals surface area contributed by atoms with E-state index in [-0.39, 0.29) is 31.1 Å². The number of esters is 3. The van der Waals surface area contributed by atoms with Gasteiger partial charge >= 0.3 is 17.9 Å². The van der Waals surface area contributed by atoms with Crippen LogP contribution >= 0.6 is 0 Å². The fourth-order valence-corrected chi connectivity index (χ4v) is 7.13. The number of carbonyl (C=O) groups excluding carboxylic acids is 3. The van der Waals surface area contributed by atoms with E-state index in [1.54, 1.807) is 0 Å². The Labute approximate surface area is 400 Å². The van der Waals surface area contributed by atoms with Crippen molar-refractivity contribution in [3.05, 3.63) is 97.2 Å². The van der Waals surface area contributed by atoms with Crippen molar-refractivity contribution in [3.8, 4) is 0 Å². The normalized spacial score (nSPS) is 12.8. The first kappa shape index (κ1) is 61.3. The highest BCUT2D eigenvalue weighted by molar-refractivity contribution is 5.71. The third kappa shape index (κ3) is 51.2. The van der Waals surface area contributed by atoms with Crippen LogP contribution in [0.2, 0.25) is 0 Å². The van der Waals surface area contributed by atoms with Gasteiger partial charge in [-0.1, -0.05) is 221 Å². The molecule has 0 saturated carbocycles.